The van der Waals surface area contributed by atoms with Gasteiger partial charge >= 0.3 is 5.97 Å². The van der Waals surface area contributed by atoms with Crippen molar-refractivity contribution in [1.82, 2.24) is 14.8 Å². The number of hydrogen-bond donors (Lipinski definition) is 3. The van der Waals surface area contributed by atoms with Crippen molar-refractivity contribution in [2.24, 2.45) is 0 Å². The summed E-state index contributed by atoms with van der Waals surface area (Å²) in [4.78, 5) is 64.8. The summed E-state index contributed by atoms with van der Waals surface area (Å²) in [6, 6.07) is 6.59. The number of aromatic nitrogens is 1. The number of carbonyl (C=O) groups excluding carboxylic acids is 4. The molecule has 11 heteroatoms. The maximum Gasteiger partial charge on any atom is 0.337 e. The Hall–Kier alpha value is -4.12. The molecule has 1 aromatic carbocycles. The topological polar surface area (TPSA) is 171 Å². The number of nitrogens with two attached hydrogens (primary N) is 1. The molecule has 0 aliphatic carbocycles. The Bertz CT molecular complexity index is 1090. The molecule has 2 aliphatic rings. The van der Waals surface area contributed by atoms with E-state index in [4.69, 9.17) is 15.9 Å². The van der Waals surface area contributed by atoms with Crippen LogP contribution >= 0.6 is 0 Å². The van der Waals surface area contributed by atoms with E-state index in [0.29, 0.717) is 0 Å². The average molecular weight is 440 g/mol. The van der Waals surface area contributed by atoms with Crippen LogP contribution in [0.5, 0.6) is 0 Å². The fraction of sp³-hybridized carbons (Fsp3) is 0.238. The van der Waals surface area contributed by atoms with Crippen molar-refractivity contribution in [2.75, 3.05) is 18.9 Å². The van der Waals surface area contributed by atoms with E-state index in [-0.39, 0.29) is 48.4 Å². The van der Waals surface area contributed by atoms with Gasteiger partial charge in [-0.05, 0) is 30.7 Å². The lowest BCUT2D eigenvalue weighted by molar-refractivity contribution is -0.152. The van der Waals surface area contributed by atoms with Crippen LogP contribution in [0.3, 0.4) is 0 Å². The summed E-state index contributed by atoms with van der Waals surface area (Å²) in [5, 5.41) is 17.3. The van der Waals surface area contributed by atoms with Crippen LogP contribution in [-0.2, 0) is 9.59 Å². The van der Waals surface area contributed by atoms with Crippen molar-refractivity contribution in [2.45, 2.75) is 18.9 Å². The van der Waals surface area contributed by atoms with E-state index in [1.165, 1.54) is 30.6 Å². The van der Waals surface area contributed by atoms with Crippen molar-refractivity contribution < 1.29 is 34.2 Å². The van der Waals surface area contributed by atoms with Gasteiger partial charge in [-0.15, -0.1) is 0 Å². The second-order valence-electron chi connectivity index (χ2n) is 6.96. The summed E-state index contributed by atoms with van der Waals surface area (Å²) < 4.78 is 0. The third-order valence-corrected chi connectivity index (χ3v) is 5.01. The van der Waals surface area contributed by atoms with Crippen LogP contribution in [0, 0.1) is 0 Å². The van der Waals surface area contributed by atoms with Crippen molar-refractivity contribution in [3.05, 3.63) is 59.4 Å². The van der Waals surface area contributed by atoms with Gasteiger partial charge in [0.25, 0.3) is 17.7 Å². The molecule has 4 N–H and O–H groups in total. The third-order valence-electron chi connectivity index (χ3n) is 5.01. The van der Waals surface area contributed by atoms with Crippen LogP contribution in [0.15, 0.2) is 42.7 Å². The Morgan fingerprint density at radius 3 is 2.44 bits per heavy atom. The van der Waals surface area contributed by atoms with Crippen LogP contribution in [-0.4, -0.2) is 73.8 Å². The first kappa shape index (κ1) is 22.6. The lowest BCUT2D eigenvalue weighted by Crippen LogP contribution is -2.56. The summed E-state index contributed by atoms with van der Waals surface area (Å²) in [6.45, 7) is -0.529. The number of carboxylic acid groups (broad SMARTS) is 1. The van der Waals surface area contributed by atoms with E-state index in [9.17, 15) is 24.0 Å². The smallest absolute Gasteiger partial charge is 0.337 e. The minimum atomic E-state index is -1.05. The van der Waals surface area contributed by atoms with Crippen LogP contribution < -0.4 is 5.73 Å². The number of aliphatic hydroxyl groups is 1. The molecule has 0 spiro atoms. The number of β-amino-alcohol motifs (C(OH)–C–C–N with tert-alkyl or cyclic N) is 1. The summed E-state index contributed by atoms with van der Waals surface area (Å²) in [5.74, 6) is -3.23. The van der Waals surface area contributed by atoms with Gasteiger partial charge in [0.05, 0.1) is 29.8 Å². The number of carbonyl (C=O) groups is 5. The van der Waals surface area contributed by atoms with Gasteiger partial charge in [-0.2, -0.15) is 0 Å². The summed E-state index contributed by atoms with van der Waals surface area (Å²) in [6.07, 6.45) is 2.94. The van der Waals surface area contributed by atoms with Crippen LogP contribution in [0.4, 0.5) is 5.69 Å². The molecule has 1 unspecified atom stereocenters. The minimum absolute atomic E-state index is 0.0271. The summed E-state index contributed by atoms with van der Waals surface area (Å²) in [7, 11) is 0. The molecule has 3 heterocycles. The standard InChI is InChI=1S/C15H15N3O5.C6H5NO2/c16-9-3-1-2-8-12(9)15(23)18(13(8)21)10-4-5-11(20)17(6-7-19)14(10)22;8-6(9)5-2-1-3-7-4-5/h1-3,10,19H,4-7,16H2;1-4H,(H,8,9). The molecule has 4 amide bonds. The summed E-state index contributed by atoms with van der Waals surface area (Å²) in [5.41, 5.74) is 6.42. The third kappa shape index (κ3) is 4.18. The molecule has 1 aromatic heterocycles. The zero-order valence-electron chi connectivity index (χ0n) is 16.8. The first-order valence-electron chi connectivity index (χ1n) is 9.62. The van der Waals surface area contributed by atoms with Crippen LogP contribution in [0.25, 0.3) is 0 Å². The Morgan fingerprint density at radius 2 is 1.88 bits per heavy atom. The van der Waals surface area contributed by atoms with Crippen LogP contribution in [0.2, 0.25) is 0 Å². The van der Waals surface area contributed by atoms with Crippen LogP contribution in [0.1, 0.15) is 43.9 Å². The number of imide groups is 2. The van der Waals surface area contributed by atoms with Gasteiger partial charge in [0.2, 0.25) is 5.91 Å². The molecular formula is C21H20N4O7. The number of rotatable bonds is 4. The van der Waals surface area contributed by atoms with Gasteiger partial charge < -0.3 is 15.9 Å². The van der Waals surface area contributed by atoms with Crippen molar-refractivity contribution in [1.29, 1.82) is 0 Å². The van der Waals surface area contributed by atoms with E-state index < -0.39 is 35.6 Å². The highest BCUT2D eigenvalue weighted by atomic mass is 16.4. The second kappa shape index (κ2) is 9.35. The molecule has 0 radical (unpaired) electrons. The number of anilines is 1. The normalized spacial score (nSPS) is 17.7. The molecule has 166 valence electrons. The number of nitrogens with zero attached hydrogens (tertiary/aromatic N) is 3. The first-order valence-corrected chi connectivity index (χ1v) is 9.62. The van der Waals surface area contributed by atoms with Gasteiger partial charge in [0, 0.05) is 24.5 Å². The molecule has 1 fully saturated rings. The zero-order valence-corrected chi connectivity index (χ0v) is 16.8. The summed E-state index contributed by atoms with van der Waals surface area (Å²) >= 11 is 0. The number of aromatic carboxylic acids is 1. The number of aliphatic hydroxyl groups excluding tert-OH is 1. The zero-order chi connectivity index (χ0) is 23.4. The van der Waals surface area contributed by atoms with Crippen molar-refractivity contribution in [3.63, 3.8) is 0 Å². The Morgan fingerprint density at radius 1 is 1.12 bits per heavy atom. The molecule has 32 heavy (non-hydrogen) atoms. The van der Waals surface area contributed by atoms with Gasteiger partial charge in [0.15, 0.2) is 0 Å². The highest BCUT2D eigenvalue weighted by Gasteiger charge is 2.47. The number of pyridine rings is 1. The number of piperidine rings is 1. The lowest BCUT2D eigenvalue weighted by atomic mass is 10.0. The Balaban J connectivity index is 0.000000269. The fourth-order valence-electron chi connectivity index (χ4n) is 3.50. The average Bonchev–Trinajstić information content (AvgIpc) is 3.04. The Kier molecular flexibility index (Phi) is 6.59. The highest BCUT2D eigenvalue weighted by Crippen LogP contribution is 2.31. The van der Waals surface area contributed by atoms with Gasteiger partial charge in [-0.3, -0.25) is 34.0 Å². The molecule has 0 bridgehead atoms. The number of likely N-dealkylation sites (tertiary alicyclic amines) is 1. The van der Waals surface area contributed by atoms with E-state index in [1.807, 2.05) is 0 Å². The van der Waals surface area contributed by atoms with Crippen molar-refractivity contribution in [3.8, 4) is 0 Å². The van der Waals surface area contributed by atoms with Gasteiger partial charge in [-0.1, -0.05) is 6.07 Å². The number of fused-ring (bicyclic) bond motifs is 1. The number of hydrogen-bond acceptors (Lipinski definition) is 8. The molecule has 11 nitrogen and oxygen atoms in total. The molecule has 4 rings (SSSR count). The molecule has 0 saturated carbocycles. The molecule has 2 aliphatic heterocycles. The highest BCUT2D eigenvalue weighted by molar-refractivity contribution is 6.25. The quantitative estimate of drug-likeness (QED) is 0.442. The van der Waals surface area contributed by atoms with Crippen molar-refractivity contribution >= 4 is 35.3 Å². The van der Waals surface area contributed by atoms with Gasteiger partial charge in [-0.25, -0.2) is 4.79 Å². The predicted molar refractivity (Wildman–Crippen MR) is 109 cm³/mol. The SMILES string of the molecule is Nc1cccc2c1C(=O)N(C1CCC(=O)N(CCO)C1=O)C2=O.O=C(O)c1cccnc1. The predicted octanol–water partition coefficient (Wildman–Crippen LogP) is 0.155. The number of amides is 4. The van der Waals surface area contributed by atoms with E-state index >= 15 is 0 Å². The molecular weight excluding hydrogens is 420 g/mol. The number of carboxylic acids is 1. The first-order chi connectivity index (χ1) is 15.3. The molecule has 1 atom stereocenters. The number of nitrogen functional groups attached to an aromatic ring is 1. The monoisotopic (exact) mass is 440 g/mol. The maximum atomic E-state index is 12.5. The maximum absolute atomic E-state index is 12.5. The van der Waals surface area contributed by atoms with Gasteiger partial charge in [0.1, 0.15) is 6.04 Å². The molecule has 1 saturated heterocycles. The largest absolute Gasteiger partial charge is 0.478 e. The molecule has 2 aromatic rings. The minimum Gasteiger partial charge on any atom is -0.478 e. The second-order valence-corrected chi connectivity index (χ2v) is 6.96. The Labute approximate surface area is 182 Å². The number of benzene rings is 1. The fourth-order valence-corrected chi connectivity index (χ4v) is 3.50. The van der Waals surface area contributed by atoms with E-state index in [1.54, 1.807) is 12.1 Å². The van der Waals surface area contributed by atoms with E-state index in [2.05, 4.69) is 4.98 Å². The van der Waals surface area contributed by atoms with E-state index in [0.717, 1.165) is 9.80 Å². The lowest BCUT2D eigenvalue weighted by Gasteiger charge is -2.34.